The summed E-state index contributed by atoms with van der Waals surface area (Å²) in [6.07, 6.45) is 0. The van der Waals surface area contributed by atoms with Crippen LogP contribution in [0.2, 0.25) is 5.02 Å². The van der Waals surface area contributed by atoms with E-state index in [0.29, 0.717) is 26.4 Å². The molecule has 4 nitrogen and oxygen atoms in total. The maximum absolute atomic E-state index is 12.0. The van der Waals surface area contributed by atoms with Crippen LogP contribution in [-0.4, -0.2) is 10.9 Å². The van der Waals surface area contributed by atoms with E-state index < -0.39 is 0 Å². The molecule has 94 valence electrons. The van der Waals surface area contributed by atoms with Gasteiger partial charge in [-0.15, -0.1) is 0 Å². The second-order valence-electron chi connectivity index (χ2n) is 3.54. The number of anilines is 2. The third kappa shape index (κ3) is 2.93. The third-order valence-electron chi connectivity index (χ3n) is 2.20. The van der Waals surface area contributed by atoms with Crippen LogP contribution in [0.15, 0.2) is 18.2 Å². The highest BCUT2D eigenvalue weighted by molar-refractivity contribution is 14.1. The third-order valence-corrected chi connectivity index (χ3v) is 4.17. The van der Waals surface area contributed by atoms with Crippen molar-refractivity contribution in [2.45, 2.75) is 6.92 Å². The first-order valence-corrected chi connectivity index (χ1v) is 7.24. The zero-order chi connectivity index (χ0) is 13.3. The van der Waals surface area contributed by atoms with Crippen LogP contribution in [-0.2, 0) is 0 Å². The van der Waals surface area contributed by atoms with Gasteiger partial charge in [0.15, 0.2) is 5.13 Å². The molecule has 1 aromatic carbocycles. The van der Waals surface area contributed by atoms with Gasteiger partial charge < -0.3 is 11.1 Å². The number of nitrogens with zero attached hydrogens (tertiary/aromatic N) is 1. The molecular weight excluding hydrogens is 385 g/mol. The van der Waals surface area contributed by atoms with Gasteiger partial charge in [-0.1, -0.05) is 22.9 Å². The van der Waals surface area contributed by atoms with Gasteiger partial charge in [-0.25, -0.2) is 4.98 Å². The molecule has 1 aromatic heterocycles. The molecule has 0 aliphatic heterocycles. The van der Waals surface area contributed by atoms with Gasteiger partial charge in [0, 0.05) is 3.57 Å². The summed E-state index contributed by atoms with van der Waals surface area (Å²) in [6, 6.07) is 5.42. The van der Waals surface area contributed by atoms with E-state index >= 15 is 0 Å². The van der Waals surface area contributed by atoms with Crippen molar-refractivity contribution in [2.75, 3.05) is 11.1 Å². The topological polar surface area (TPSA) is 68.0 Å². The van der Waals surface area contributed by atoms with Gasteiger partial charge in [0.2, 0.25) is 0 Å². The van der Waals surface area contributed by atoms with E-state index in [1.54, 1.807) is 19.1 Å². The summed E-state index contributed by atoms with van der Waals surface area (Å²) in [5, 5.41) is 3.63. The molecule has 0 spiro atoms. The number of hydrogen-bond donors (Lipinski definition) is 2. The van der Waals surface area contributed by atoms with E-state index in [0.717, 1.165) is 14.9 Å². The lowest BCUT2D eigenvalue weighted by Crippen LogP contribution is -2.11. The van der Waals surface area contributed by atoms with Crippen molar-refractivity contribution in [1.82, 2.24) is 4.98 Å². The highest BCUT2D eigenvalue weighted by atomic mass is 127. The number of nitrogen functional groups attached to an aromatic ring is 1. The molecule has 1 heterocycles. The zero-order valence-corrected chi connectivity index (χ0v) is 13.1. The number of aromatic nitrogens is 1. The summed E-state index contributed by atoms with van der Waals surface area (Å²) < 4.78 is 1.01. The van der Waals surface area contributed by atoms with Crippen LogP contribution >= 0.6 is 45.5 Å². The Balaban J connectivity index is 2.24. The van der Waals surface area contributed by atoms with Gasteiger partial charge in [-0.05, 0) is 47.7 Å². The molecular formula is C11H9ClIN3OS. The minimum Gasteiger partial charge on any atom is -0.375 e. The van der Waals surface area contributed by atoms with Crippen molar-refractivity contribution < 1.29 is 4.79 Å². The molecule has 2 rings (SSSR count). The average molecular weight is 394 g/mol. The number of aryl methyl sites for hydroxylation is 1. The molecule has 0 radical (unpaired) electrons. The fourth-order valence-electron chi connectivity index (χ4n) is 1.40. The highest BCUT2D eigenvalue weighted by Gasteiger charge is 2.15. The highest BCUT2D eigenvalue weighted by Crippen LogP contribution is 2.26. The molecule has 2 aromatic rings. The largest absolute Gasteiger partial charge is 0.375 e. The van der Waals surface area contributed by atoms with Gasteiger partial charge in [0.25, 0.3) is 5.91 Å². The molecule has 0 fully saturated rings. The standard InChI is InChI=1S/C11H9ClIN3OS/c1-5-9(18-11(14)15-5)10(17)16-8-3-2-6(13)4-7(8)12/h2-4H,1H3,(H2,14,15)(H,16,17). The van der Waals surface area contributed by atoms with Crippen LogP contribution < -0.4 is 11.1 Å². The number of hydrogen-bond acceptors (Lipinski definition) is 4. The Bertz CT molecular complexity index is 614. The predicted molar refractivity (Wildman–Crippen MR) is 83.4 cm³/mol. The van der Waals surface area contributed by atoms with Crippen LogP contribution in [0.4, 0.5) is 10.8 Å². The monoisotopic (exact) mass is 393 g/mol. The summed E-state index contributed by atoms with van der Waals surface area (Å²) in [5.74, 6) is -0.246. The fraction of sp³-hybridized carbons (Fsp3) is 0.0909. The fourth-order valence-corrected chi connectivity index (χ4v) is 3.03. The van der Waals surface area contributed by atoms with E-state index in [1.165, 1.54) is 0 Å². The maximum atomic E-state index is 12.0. The zero-order valence-electron chi connectivity index (χ0n) is 9.33. The molecule has 7 heteroatoms. The molecule has 0 atom stereocenters. The van der Waals surface area contributed by atoms with E-state index in [2.05, 4.69) is 32.9 Å². The number of thiazole rings is 1. The Morgan fingerprint density at radius 3 is 2.83 bits per heavy atom. The molecule has 18 heavy (non-hydrogen) atoms. The summed E-state index contributed by atoms with van der Waals surface area (Å²) in [7, 11) is 0. The van der Waals surface area contributed by atoms with Crippen molar-refractivity contribution in [1.29, 1.82) is 0 Å². The number of halogens is 2. The van der Waals surface area contributed by atoms with Crippen molar-refractivity contribution >= 4 is 62.3 Å². The Kier molecular flexibility index (Phi) is 4.08. The quantitative estimate of drug-likeness (QED) is 0.767. The minimum atomic E-state index is -0.246. The van der Waals surface area contributed by atoms with Gasteiger partial charge in [-0.3, -0.25) is 4.79 Å². The number of rotatable bonds is 2. The molecule has 0 aliphatic carbocycles. The smallest absolute Gasteiger partial charge is 0.267 e. The molecule has 3 N–H and O–H groups in total. The van der Waals surface area contributed by atoms with E-state index in [1.807, 2.05) is 6.07 Å². The first kappa shape index (κ1) is 13.6. The van der Waals surface area contributed by atoms with Crippen molar-refractivity contribution in [3.05, 3.63) is 37.4 Å². The van der Waals surface area contributed by atoms with Crippen molar-refractivity contribution in [3.63, 3.8) is 0 Å². The summed E-state index contributed by atoms with van der Waals surface area (Å²) in [6.45, 7) is 1.75. The first-order chi connectivity index (χ1) is 8.47. The number of nitrogens with two attached hydrogens (primary N) is 1. The van der Waals surface area contributed by atoms with Crippen LogP contribution in [0.25, 0.3) is 0 Å². The van der Waals surface area contributed by atoms with Gasteiger partial charge in [0.1, 0.15) is 4.88 Å². The summed E-state index contributed by atoms with van der Waals surface area (Å²) in [5.41, 5.74) is 6.76. The molecule has 0 saturated heterocycles. The number of carbonyl (C=O) groups is 1. The van der Waals surface area contributed by atoms with Crippen LogP contribution in [0.1, 0.15) is 15.4 Å². The lowest BCUT2D eigenvalue weighted by Gasteiger charge is -2.06. The van der Waals surface area contributed by atoms with Gasteiger partial charge in [-0.2, -0.15) is 0 Å². The first-order valence-electron chi connectivity index (χ1n) is 4.96. The number of nitrogens with one attached hydrogen (secondary N) is 1. The lowest BCUT2D eigenvalue weighted by atomic mass is 10.3. The van der Waals surface area contributed by atoms with E-state index in [9.17, 15) is 4.79 Å². The molecule has 0 aliphatic rings. The lowest BCUT2D eigenvalue weighted by molar-refractivity contribution is 0.103. The Labute approximate surface area is 127 Å². The van der Waals surface area contributed by atoms with Crippen LogP contribution in [0.3, 0.4) is 0 Å². The average Bonchev–Trinajstić information content (AvgIpc) is 2.62. The van der Waals surface area contributed by atoms with Crippen molar-refractivity contribution in [2.24, 2.45) is 0 Å². The van der Waals surface area contributed by atoms with E-state index in [-0.39, 0.29) is 5.91 Å². The second kappa shape index (κ2) is 5.41. The minimum absolute atomic E-state index is 0.246. The van der Waals surface area contributed by atoms with E-state index in [4.69, 9.17) is 17.3 Å². The summed E-state index contributed by atoms with van der Waals surface area (Å²) >= 11 is 9.36. The Morgan fingerprint density at radius 2 is 2.28 bits per heavy atom. The number of amides is 1. The Hall–Kier alpha value is -0.860. The maximum Gasteiger partial charge on any atom is 0.267 e. The number of benzene rings is 1. The molecule has 1 amide bonds. The SMILES string of the molecule is Cc1nc(N)sc1C(=O)Nc1ccc(I)cc1Cl. The van der Waals surface area contributed by atoms with Crippen molar-refractivity contribution in [3.8, 4) is 0 Å². The summed E-state index contributed by atoms with van der Waals surface area (Å²) in [4.78, 5) is 16.5. The Morgan fingerprint density at radius 1 is 1.56 bits per heavy atom. The molecule has 0 bridgehead atoms. The number of carbonyl (C=O) groups excluding carboxylic acids is 1. The second-order valence-corrected chi connectivity index (χ2v) is 6.23. The predicted octanol–water partition coefficient (Wildman–Crippen LogP) is 3.54. The van der Waals surface area contributed by atoms with Gasteiger partial charge in [0.05, 0.1) is 16.4 Å². The molecule has 0 unspecified atom stereocenters. The van der Waals surface area contributed by atoms with Crippen LogP contribution in [0, 0.1) is 10.5 Å². The molecule has 0 saturated carbocycles. The van der Waals surface area contributed by atoms with Gasteiger partial charge >= 0.3 is 0 Å². The van der Waals surface area contributed by atoms with Crippen LogP contribution in [0.5, 0.6) is 0 Å². The normalized spacial score (nSPS) is 10.4.